The van der Waals surface area contributed by atoms with Crippen molar-refractivity contribution in [3.63, 3.8) is 0 Å². The van der Waals surface area contributed by atoms with Gasteiger partial charge in [-0.1, -0.05) is 35.4 Å². The summed E-state index contributed by atoms with van der Waals surface area (Å²) >= 11 is 0. The molecule has 87 valence electrons. The summed E-state index contributed by atoms with van der Waals surface area (Å²) in [6.07, 6.45) is 1.53. The van der Waals surface area contributed by atoms with Crippen molar-refractivity contribution in [2.75, 3.05) is 20.6 Å². The molecule has 1 unspecified atom stereocenters. The zero-order chi connectivity index (χ0) is 11.7. The number of hydrogen-bond donors (Lipinski definition) is 0. The first-order valence-corrected chi connectivity index (χ1v) is 5.27. The largest absolute Gasteiger partial charge is 0.398 e. The topological polar surface area (TPSA) is 37.4 Å². The van der Waals surface area contributed by atoms with Crippen molar-refractivity contribution in [2.24, 2.45) is 0 Å². The van der Waals surface area contributed by atoms with Gasteiger partial charge in [-0.05, 0) is 26.6 Å². The predicted octanol–water partition coefficient (Wildman–Crippen LogP) is 1.30. The van der Waals surface area contributed by atoms with Crippen molar-refractivity contribution in [3.8, 4) is 0 Å². The summed E-state index contributed by atoms with van der Waals surface area (Å²) in [7, 11) is 3.91. The minimum atomic E-state index is -0.384. The van der Waals surface area contributed by atoms with Gasteiger partial charge in [0, 0.05) is 32.7 Å². The molecule has 2 rings (SSSR count). The number of likely N-dealkylation sites (N-methyl/N-ethyl adjacent to an activating group) is 1. The molecule has 0 amide bonds. The van der Waals surface area contributed by atoms with Gasteiger partial charge in [-0.25, -0.2) is 0 Å². The summed E-state index contributed by atoms with van der Waals surface area (Å²) in [5.41, 5.74) is 1.52. The van der Waals surface area contributed by atoms with Gasteiger partial charge in [-0.15, -0.1) is 0 Å². The number of carbonyl (C=O) groups is 2. The first kappa shape index (κ1) is 14.6. The maximum Gasteiger partial charge on any atom is 0.0753 e. The van der Waals surface area contributed by atoms with Crippen LogP contribution in [0, 0.1) is 6.42 Å². The van der Waals surface area contributed by atoms with Crippen molar-refractivity contribution < 1.29 is 42.3 Å². The molecular weight excluding hydrogens is 291 g/mol. The maximum absolute atomic E-state index is 11.7. The summed E-state index contributed by atoms with van der Waals surface area (Å²) in [5.74, 6) is -0.743. The van der Waals surface area contributed by atoms with Crippen LogP contribution in [0.25, 0.3) is 0 Å². The smallest absolute Gasteiger partial charge is 0.0753 e. The summed E-state index contributed by atoms with van der Waals surface area (Å²) < 4.78 is 0. The average molecular weight is 305 g/mol. The second-order valence-corrected chi connectivity index (χ2v) is 4.32. The van der Waals surface area contributed by atoms with Crippen LogP contribution in [-0.2, 0) is 37.5 Å². The van der Waals surface area contributed by atoms with Crippen LogP contribution >= 0.6 is 0 Å². The van der Waals surface area contributed by atoms with E-state index >= 15 is 0 Å². The quantitative estimate of drug-likeness (QED) is 0.610. The Bertz CT molecular complexity index is 443. The molecule has 1 radical (unpaired) electrons. The van der Waals surface area contributed by atoms with Crippen LogP contribution in [0.4, 0.5) is 0 Å². The minimum absolute atomic E-state index is 0. The Morgan fingerprint density at radius 1 is 1.24 bits per heavy atom. The summed E-state index contributed by atoms with van der Waals surface area (Å²) in [6.45, 7) is 0.746. The molecule has 0 aliphatic heterocycles. The number of rotatable bonds is 2. The van der Waals surface area contributed by atoms with E-state index in [4.69, 9.17) is 0 Å². The van der Waals surface area contributed by atoms with Gasteiger partial charge >= 0.3 is 0 Å². The summed E-state index contributed by atoms with van der Waals surface area (Å²) in [5, 5.41) is 0. The molecule has 0 heterocycles. The molecule has 0 saturated heterocycles. The molecule has 0 N–H and O–H groups in total. The maximum atomic E-state index is 11.7. The predicted molar refractivity (Wildman–Crippen MR) is 61.4 cm³/mol. The zero-order valence-electron chi connectivity index (χ0n) is 10.0. The van der Waals surface area contributed by atoms with E-state index in [1.54, 1.807) is 12.1 Å². The number of ketones is 2. The summed E-state index contributed by atoms with van der Waals surface area (Å²) in [6, 6.07) is 7.34. The Morgan fingerprint density at radius 2 is 1.88 bits per heavy atom. The molecule has 1 aliphatic rings. The third kappa shape index (κ3) is 3.03. The monoisotopic (exact) mass is 305 g/mol. The Kier molecular flexibility index (Phi) is 5.05. The Morgan fingerprint density at radius 3 is 2.53 bits per heavy atom. The molecule has 1 aromatic rings. The van der Waals surface area contributed by atoms with Crippen LogP contribution in [0.1, 0.15) is 21.8 Å². The van der Waals surface area contributed by atoms with Crippen LogP contribution in [-0.4, -0.2) is 37.1 Å². The van der Waals surface area contributed by atoms with Crippen LogP contribution in [0.2, 0.25) is 0 Å². The fourth-order valence-corrected chi connectivity index (χ4v) is 2.05. The van der Waals surface area contributed by atoms with Crippen molar-refractivity contribution in [3.05, 3.63) is 41.8 Å². The van der Waals surface area contributed by atoms with Crippen molar-refractivity contribution >= 4 is 11.6 Å². The summed E-state index contributed by atoms with van der Waals surface area (Å²) in [4.78, 5) is 25.2. The van der Waals surface area contributed by atoms with E-state index in [9.17, 15) is 9.59 Å². The number of nitrogens with zero attached hydrogens (tertiary/aromatic N) is 1. The van der Waals surface area contributed by atoms with E-state index in [1.165, 1.54) is 6.42 Å². The van der Waals surface area contributed by atoms with Crippen molar-refractivity contribution in [1.82, 2.24) is 4.90 Å². The second kappa shape index (κ2) is 5.90. The van der Waals surface area contributed by atoms with Gasteiger partial charge < -0.3 is 14.5 Å². The van der Waals surface area contributed by atoms with Crippen LogP contribution in [0.5, 0.6) is 0 Å². The Balaban J connectivity index is 0.00000144. The average Bonchev–Trinajstić information content (AvgIpc) is 2.25. The second-order valence-electron chi connectivity index (χ2n) is 4.32. The van der Waals surface area contributed by atoms with Gasteiger partial charge in [0.05, 0.1) is 11.6 Å². The molecular formula is C13H14NO2Y-. The van der Waals surface area contributed by atoms with Crippen LogP contribution in [0.3, 0.4) is 0 Å². The number of fused-ring (bicyclic) bond motifs is 1. The fourth-order valence-electron chi connectivity index (χ4n) is 2.05. The molecule has 0 bridgehead atoms. The van der Waals surface area contributed by atoms with Gasteiger partial charge in [0.25, 0.3) is 0 Å². The minimum Gasteiger partial charge on any atom is -0.398 e. The number of Topliss-reactive ketones (excluding diaryl/α,β-unsaturated/α-hetero) is 2. The van der Waals surface area contributed by atoms with E-state index in [2.05, 4.69) is 0 Å². The number of carbonyl (C=O) groups excluding carboxylic acids is 2. The van der Waals surface area contributed by atoms with Gasteiger partial charge in [-0.2, -0.15) is 6.42 Å². The SMILES string of the molecule is CN(C)CC1[CH-]C(=O)C(=O)c2ccccc21.[Y]. The first-order chi connectivity index (χ1) is 7.59. The molecule has 4 heteroatoms. The van der Waals surface area contributed by atoms with E-state index in [1.807, 2.05) is 31.1 Å². The molecule has 0 spiro atoms. The van der Waals surface area contributed by atoms with Crippen molar-refractivity contribution in [2.45, 2.75) is 5.92 Å². The Labute approximate surface area is 126 Å². The molecule has 1 aromatic carbocycles. The molecule has 1 atom stereocenters. The fraction of sp³-hybridized carbons (Fsp3) is 0.308. The standard InChI is InChI=1S/C13H14NO2.Y/c1-14(2)8-9-7-12(15)13(16)11-6-4-3-5-10(9)11;/h3-7,9H,8H2,1-2H3;/q-1;. The number of benzene rings is 1. The third-order valence-electron chi connectivity index (χ3n) is 2.74. The number of hydrogen-bond acceptors (Lipinski definition) is 3. The first-order valence-electron chi connectivity index (χ1n) is 5.27. The van der Waals surface area contributed by atoms with E-state index in [0.29, 0.717) is 5.56 Å². The zero-order valence-corrected chi connectivity index (χ0v) is 12.9. The van der Waals surface area contributed by atoms with Gasteiger partial charge in [-0.3, -0.25) is 0 Å². The Hall–Kier alpha value is -0.506. The van der Waals surface area contributed by atoms with E-state index < -0.39 is 0 Å². The molecule has 3 nitrogen and oxygen atoms in total. The molecule has 1 aliphatic carbocycles. The van der Waals surface area contributed by atoms with Gasteiger partial charge in [0.2, 0.25) is 0 Å². The third-order valence-corrected chi connectivity index (χ3v) is 2.74. The molecule has 0 aromatic heterocycles. The van der Waals surface area contributed by atoms with Gasteiger partial charge in [0.1, 0.15) is 0 Å². The van der Waals surface area contributed by atoms with Crippen molar-refractivity contribution in [1.29, 1.82) is 0 Å². The molecule has 0 fully saturated rings. The molecule has 0 saturated carbocycles. The van der Waals surface area contributed by atoms with Crippen LogP contribution < -0.4 is 0 Å². The van der Waals surface area contributed by atoms with E-state index in [-0.39, 0.29) is 50.2 Å². The molecule has 17 heavy (non-hydrogen) atoms. The van der Waals surface area contributed by atoms with Crippen LogP contribution in [0.15, 0.2) is 24.3 Å². The van der Waals surface area contributed by atoms with Gasteiger partial charge in [0.15, 0.2) is 0 Å². The normalized spacial score (nSPS) is 18.4. The van der Waals surface area contributed by atoms with E-state index in [0.717, 1.165) is 12.1 Å².